The Balaban J connectivity index is 1.91. The lowest BCUT2D eigenvalue weighted by molar-refractivity contribution is -0.385. The molecule has 3 aromatic rings. The number of hydrogen-bond donors (Lipinski definition) is 0. The lowest BCUT2D eigenvalue weighted by Crippen LogP contribution is -2.32. The largest absolute Gasteiger partial charge is 0.270 e. The molecule has 0 aliphatic heterocycles. The van der Waals surface area contributed by atoms with E-state index < -0.39 is 14.9 Å². The highest BCUT2D eigenvalue weighted by atomic mass is 32.2. The van der Waals surface area contributed by atoms with E-state index in [-0.39, 0.29) is 23.7 Å². The van der Waals surface area contributed by atoms with E-state index in [0.29, 0.717) is 6.42 Å². The van der Waals surface area contributed by atoms with Crippen molar-refractivity contribution < 1.29 is 13.3 Å². The van der Waals surface area contributed by atoms with Crippen LogP contribution in [0, 0.1) is 10.1 Å². The molecule has 0 unspecified atom stereocenters. The third-order valence-electron chi connectivity index (χ3n) is 3.94. The Kier molecular flexibility index (Phi) is 5.94. The van der Waals surface area contributed by atoms with Crippen molar-refractivity contribution in [2.45, 2.75) is 17.9 Å². The molecule has 2 aromatic heterocycles. The third-order valence-corrected chi connectivity index (χ3v) is 6.71. The second kappa shape index (κ2) is 8.38. The van der Waals surface area contributed by atoms with Crippen molar-refractivity contribution in [3.8, 4) is 0 Å². The fraction of sp³-hybridized carbons (Fsp3) is 0.167. The smallest absolute Gasteiger partial charge is 0.264 e. The summed E-state index contributed by atoms with van der Waals surface area (Å²) in [7, 11) is -3.90. The van der Waals surface area contributed by atoms with Crippen molar-refractivity contribution in [3.63, 3.8) is 0 Å². The van der Waals surface area contributed by atoms with E-state index in [2.05, 4.69) is 4.98 Å². The van der Waals surface area contributed by atoms with Crippen LogP contribution in [-0.2, 0) is 23.0 Å². The van der Waals surface area contributed by atoms with Crippen LogP contribution in [0.5, 0.6) is 0 Å². The number of aromatic nitrogens is 1. The summed E-state index contributed by atoms with van der Waals surface area (Å²) < 4.78 is 27.7. The first-order valence-electron chi connectivity index (χ1n) is 8.13. The van der Waals surface area contributed by atoms with Gasteiger partial charge in [-0.1, -0.05) is 18.2 Å². The van der Waals surface area contributed by atoms with Crippen LogP contribution in [0.15, 0.2) is 71.2 Å². The van der Waals surface area contributed by atoms with Crippen LogP contribution in [0.2, 0.25) is 0 Å². The van der Waals surface area contributed by atoms with Crippen molar-refractivity contribution in [1.29, 1.82) is 0 Å². The van der Waals surface area contributed by atoms with Crippen molar-refractivity contribution in [3.05, 3.63) is 86.9 Å². The molecular formula is C18H17N3O4S2. The summed E-state index contributed by atoms with van der Waals surface area (Å²) in [5.74, 6) is 0. The maximum absolute atomic E-state index is 13.2. The van der Waals surface area contributed by atoms with Gasteiger partial charge in [0.25, 0.3) is 5.69 Å². The maximum Gasteiger partial charge on any atom is 0.270 e. The monoisotopic (exact) mass is 403 g/mol. The third kappa shape index (κ3) is 4.76. The van der Waals surface area contributed by atoms with E-state index >= 15 is 0 Å². The summed E-state index contributed by atoms with van der Waals surface area (Å²) in [5.41, 5.74) is 0.494. The molecule has 0 atom stereocenters. The van der Waals surface area contributed by atoms with Gasteiger partial charge in [0.15, 0.2) is 0 Å². The van der Waals surface area contributed by atoms with Crippen molar-refractivity contribution in [2.24, 2.45) is 0 Å². The maximum atomic E-state index is 13.2. The highest BCUT2D eigenvalue weighted by Crippen LogP contribution is 2.23. The zero-order valence-electron chi connectivity index (χ0n) is 14.3. The number of sulfonamides is 1. The van der Waals surface area contributed by atoms with Crippen LogP contribution in [0.25, 0.3) is 0 Å². The van der Waals surface area contributed by atoms with Crippen LogP contribution < -0.4 is 0 Å². The van der Waals surface area contributed by atoms with Crippen LogP contribution in [0.1, 0.15) is 10.4 Å². The SMILES string of the molecule is O=[N+]([O-])c1cccc(S(=O)(=O)N(CCc2cccs2)Cc2cccnc2)c1. The fourth-order valence-electron chi connectivity index (χ4n) is 2.58. The molecule has 0 spiro atoms. The number of non-ortho nitro benzene ring substituents is 1. The molecule has 0 saturated heterocycles. The number of nitro groups is 1. The molecule has 0 saturated carbocycles. The quantitative estimate of drug-likeness (QED) is 0.424. The van der Waals surface area contributed by atoms with E-state index in [0.717, 1.165) is 16.5 Å². The molecule has 2 heterocycles. The van der Waals surface area contributed by atoms with Crippen LogP contribution >= 0.6 is 11.3 Å². The minimum atomic E-state index is -3.90. The minimum absolute atomic E-state index is 0.0910. The highest BCUT2D eigenvalue weighted by Gasteiger charge is 2.26. The predicted molar refractivity (Wildman–Crippen MR) is 103 cm³/mol. The first-order valence-corrected chi connectivity index (χ1v) is 10.4. The molecule has 0 N–H and O–H groups in total. The molecule has 0 aliphatic carbocycles. The Morgan fingerprint density at radius 1 is 1.15 bits per heavy atom. The normalized spacial score (nSPS) is 11.6. The summed E-state index contributed by atoms with van der Waals surface area (Å²) in [6.07, 6.45) is 3.79. The van der Waals surface area contributed by atoms with Gasteiger partial charge in [-0.25, -0.2) is 8.42 Å². The van der Waals surface area contributed by atoms with Crippen molar-refractivity contribution in [1.82, 2.24) is 9.29 Å². The number of hydrogen-bond acceptors (Lipinski definition) is 6. The molecule has 1 aromatic carbocycles. The lowest BCUT2D eigenvalue weighted by Gasteiger charge is -2.22. The molecule has 0 aliphatic rings. The van der Waals surface area contributed by atoms with Gasteiger partial charge in [-0.3, -0.25) is 15.1 Å². The number of nitrogens with zero attached hydrogens (tertiary/aromatic N) is 3. The van der Waals surface area contributed by atoms with Gasteiger partial charge in [0, 0.05) is 42.5 Å². The van der Waals surface area contributed by atoms with Gasteiger partial charge in [-0.2, -0.15) is 4.31 Å². The number of thiophene rings is 1. The Labute approximate surface area is 161 Å². The average Bonchev–Trinajstić information content (AvgIpc) is 3.19. The topological polar surface area (TPSA) is 93.4 Å². The van der Waals surface area contributed by atoms with Gasteiger partial charge in [-0.15, -0.1) is 11.3 Å². The first-order chi connectivity index (χ1) is 13.0. The molecule has 0 fully saturated rings. The summed E-state index contributed by atoms with van der Waals surface area (Å²) in [6.45, 7) is 0.407. The molecule has 9 heteroatoms. The van der Waals surface area contributed by atoms with Crippen molar-refractivity contribution in [2.75, 3.05) is 6.54 Å². The average molecular weight is 403 g/mol. The fourth-order valence-corrected chi connectivity index (χ4v) is 4.74. The predicted octanol–water partition coefficient (Wildman–Crippen LogP) is 3.48. The molecular weight excluding hydrogens is 386 g/mol. The summed E-state index contributed by atoms with van der Waals surface area (Å²) in [5, 5.41) is 13.0. The number of benzene rings is 1. The molecule has 3 rings (SSSR count). The van der Waals surface area contributed by atoms with Gasteiger partial charge in [-0.05, 0) is 35.6 Å². The van der Waals surface area contributed by atoms with Gasteiger partial charge in [0.1, 0.15) is 0 Å². The molecule has 27 heavy (non-hydrogen) atoms. The molecule has 140 valence electrons. The Morgan fingerprint density at radius 2 is 2.00 bits per heavy atom. The second-order valence-electron chi connectivity index (χ2n) is 5.78. The summed E-state index contributed by atoms with van der Waals surface area (Å²) >= 11 is 1.56. The van der Waals surface area contributed by atoms with E-state index in [1.807, 2.05) is 17.5 Å². The van der Waals surface area contributed by atoms with E-state index in [1.165, 1.54) is 22.5 Å². The Bertz CT molecular complexity index is 1010. The first kappa shape index (κ1) is 19.2. The summed E-state index contributed by atoms with van der Waals surface area (Å²) in [4.78, 5) is 15.4. The Hall–Kier alpha value is -2.62. The number of nitro benzene ring substituents is 1. The van der Waals surface area contributed by atoms with E-state index in [1.54, 1.807) is 35.9 Å². The van der Waals surface area contributed by atoms with Gasteiger partial charge in [0.2, 0.25) is 10.0 Å². The summed E-state index contributed by atoms with van der Waals surface area (Å²) in [6, 6.07) is 12.5. The molecule has 0 amide bonds. The van der Waals surface area contributed by atoms with Crippen LogP contribution in [0.4, 0.5) is 5.69 Å². The standard InChI is InChI=1S/C18H17N3O4S2/c22-21(23)16-5-1-7-18(12-16)27(24,25)20(10-8-17-6-3-11-26-17)14-15-4-2-9-19-13-15/h1-7,9,11-13H,8,10,14H2. The van der Waals surface area contributed by atoms with Crippen LogP contribution in [-0.4, -0.2) is 29.2 Å². The molecule has 0 radical (unpaired) electrons. The highest BCUT2D eigenvalue weighted by molar-refractivity contribution is 7.89. The molecule has 0 bridgehead atoms. The van der Waals surface area contributed by atoms with E-state index in [9.17, 15) is 18.5 Å². The van der Waals surface area contributed by atoms with Gasteiger partial charge < -0.3 is 0 Å². The van der Waals surface area contributed by atoms with Crippen molar-refractivity contribution >= 4 is 27.0 Å². The van der Waals surface area contributed by atoms with E-state index in [4.69, 9.17) is 0 Å². The molecule has 7 nitrogen and oxygen atoms in total. The second-order valence-corrected chi connectivity index (χ2v) is 8.75. The van der Waals surface area contributed by atoms with Crippen LogP contribution in [0.3, 0.4) is 0 Å². The minimum Gasteiger partial charge on any atom is -0.264 e. The zero-order valence-corrected chi connectivity index (χ0v) is 15.9. The Morgan fingerprint density at radius 3 is 2.67 bits per heavy atom. The lowest BCUT2D eigenvalue weighted by atomic mass is 10.3. The van der Waals surface area contributed by atoms with Gasteiger partial charge in [0.05, 0.1) is 9.82 Å². The number of rotatable bonds is 8. The van der Waals surface area contributed by atoms with Gasteiger partial charge >= 0.3 is 0 Å². The number of pyridine rings is 1. The zero-order chi connectivity index (χ0) is 19.3.